The van der Waals surface area contributed by atoms with E-state index in [0.717, 1.165) is 83.5 Å². The van der Waals surface area contributed by atoms with E-state index in [9.17, 15) is 30.3 Å². The highest BCUT2D eigenvalue weighted by Gasteiger charge is 2.44. The molecule has 0 aromatic carbocycles. The van der Waals surface area contributed by atoms with Crippen LogP contribution in [0.25, 0.3) is 0 Å². The lowest BCUT2D eigenvalue weighted by molar-refractivity contribution is -0.302. The standard InChI is InChI=1S/C86H157NO8/c1-3-5-7-9-11-13-15-17-19-21-23-25-27-29-31-33-35-36-37-38-39-40-41-42-43-44-46-48-50-52-54-56-58-60-62-64-66-68-70-72-74-76-82(90)87-79(78-94-86-85(93)84(92)83(91)81(77-88)95-86)80(89)75-73-71-69-67-65-63-61-59-57-55-53-51-49-47-45-34-32-30-28-26-24-22-20-18-16-14-12-10-8-6-4-2/h5,7,11,13,17,19,23,25,29,31,35-36,38-39,79-81,83-86,88-89,91-93H,3-4,6,8-10,12,14-16,18,20-22,24,26-28,30,32-34,37,40-78H2,1-2H3,(H,87,90)/b7-5-,13-11-,19-17-,25-23-,31-29-,36-35-,39-38-. The molecule has 7 unspecified atom stereocenters. The van der Waals surface area contributed by atoms with Crippen LogP contribution in [0, 0.1) is 0 Å². The fourth-order valence-electron chi connectivity index (χ4n) is 13.1. The minimum Gasteiger partial charge on any atom is -0.394 e. The van der Waals surface area contributed by atoms with Gasteiger partial charge in [-0.25, -0.2) is 0 Å². The van der Waals surface area contributed by atoms with E-state index in [4.69, 9.17) is 9.47 Å². The number of rotatable bonds is 73. The van der Waals surface area contributed by atoms with Gasteiger partial charge in [-0.2, -0.15) is 0 Å². The maximum Gasteiger partial charge on any atom is 0.220 e. The molecule has 554 valence electrons. The van der Waals surface area contributed by atoms with Gasteiger partial charge in [0, 0.05) is 6.42 Å². The Morgan fingerprint density at radius 2 is 0.653 bits per heavy atom. The molecule has 0 aliphatic carbocycles. The highest BCUT2D eigenvalue weighted by atomic mass is 16.7. The number of nitrogens with one attached hydrogen (secondary N) is 1. The van der Waals surface area contributed by atoms with Crippen molar-refractivity contribution in [1.29, 1.82) is 0 Å². The first kappa shape index (κ1) is 90.4. The van der Waals surface area contributed by atoms with Crippen molar-refractivity contribution in [2.45, 2.75) is 442 Å². The lowest BCUT2D eigenvalue weighted by Crippen LogP contribution is -2.60. The number of unbranched alkanes of at least 4 members (excludes halogenated alkanes) is 49. The summed E-state index contributed by atoms with van der Waals surface area (Å²) in [6.45, 7) is 3.78. The molecule has 1 fully saturated rings. The maximum atomic E-state index is 13.2. The first-order valence-electron chi connectivity index (χ1n) is 41.3. The second kappa shape index (κ2) is 74.1. The summed E-state index contributed by atoms with van der Waals surface area (Å²) in [6, 6.07) is -0.723. The Labute approximate surface area is 588 Å². The van der Waals surface area contributed by atoms with E-state index >= 15 is 0 Å². The molecule has 9 heteroatoms. The van der Waals surface area contributed by atoms with Crippen molar-refractivity contribution in [3.63, 3.8) is 0 Å². The normalized spacial score (nSPS) is 17.9. The molecule has 1 rings (SSSR count). The third-order valence-electron chi connectivity index (χ3n) is 19.5. The van der Waals surface area contributed by atoms with Crippen molar-refractivity contribution in [3.05, 3.63) is 85.1 Å². The Morgan fingerprint density at radius 1 is 0.368 bits per heavy atom. The molecule has 1 aliphatic rings. The molecule has 95 heavy (non-hydrogen) atoms. The molecule has 1 heterocycles. The topological polar surface area (TPSA) is 149 Å². The largest absolute Gasteiger partial charge is 0.394 e. The highest BCUT2D eigenvalue weighted by molar-refractivity contribution is 5.76. The fourth-order valence-corrected chi connectivity index (χ4v) is 13.1. The number of carbonyl (C=O) groups excluding carboxylic acids is 1. The molecule has 0 saturated carbocycles. The van der Waals surface area contributed by atoms with Crippen LogP contribution in [0.15, 0.2) is 85.1 Å². The van der Waals surface area contributed by atoms with Crippen LogP contribution in [-0.4, -0.2) is 87.5 Å². The van der Waals surface area contributed by atoms with Gasteiger partial charge in [0.05, 0.1) is 25.4 Å². The molecule has 0 bridgehead atoms. The number of aliphatic hydroxyl groups excluding tert-OH is 5. The van der Waals surface area contributed by atoms with Crippen LogP contribution >= 0.6 is 0 Å². The molecule has 7 atom stereocenters. The molecular formula is C86H157NO8. The number of allylic oxidation sites excluding steroid dienone is 14. The first-order chi connectivity index (χ1) is 46.8. The zero-order valence-corrected chi connectivity index (χ0v) is 62.4. The van der Waals surface area contributed by atoms with Crippen molar-refractivity contribution >= 4 is 5.91 Å². The van der Waals surface area contributed by atoms with Crippen LogP contribution < -0.4 is 5.32 Å². The fraction of sp³-hybridized carbons (Fsp3) is 0.826. The van der Waals surface area contributed by atoms with Gasteiger partial charge in [0.15, 0.2) is 6.29 Å². The summed E-state index contributed by atoms with van der Waals surface area (Å²) >= 11 is 0. The predicted molar refractivity (Wildman–Crippen MR) is 410 cm³/mol. The monoisotopic (exact) mass is 1330 g/mol. The van der Waals surface area contributed by atoms with E-state index in [1.807, 2.05) is 0 Å². The molecule has 0 spiro atoms. The van der Waals surface area contributed by atoms with Crippen molar-refractivity contribution < 1.29 is 39.8 Å². The summed E-state index contributed by atoms with van der Waals surface area (Å²) in [6.07, 6.45) is 99.8. The number of hydrogen-bond acceptors (Lipinski definition) is 8. The Kier molecular flexibility index (Phi) is 70.5. The van der Waals surface area contributed by atoms with Crippen LogP contribution in [0.4, 0.5) is 0 Å². The summed E-state index contributed by atoms with van der Waals surface area (Å²) in [4.78, 5) is 13.2. The molecule has 1 aliphatic heterocycles. The zero-order chi connectivity index (χ0) is 68.5. The average molecular weight is 1330 g/mol. The third kappa shape index (κ3) is 62.1. The van der Waals surface area contributed by atoms with Gasteiger partial charge in [-0.3, -0.25) is 4.79 Å². The van der Waals surface area contributed by atoms with Gasteiger partial charge in [0.2, 0.25) is 5.91 Å². The minimum atomic E-state index is -1.56. The Bertz CT molecular complexity index is 1790. The number of aliphatic hydroxyl groups is 5. The molecule has 1 saturated heterocycles. The van der Waals surface area contributed by atoms with Crippen molar-refractivity contribution in [2.75, 3.05) is 13.2 Å². The van der Waals surface area contributed by atoms with Gasteiger partial charge in [0.1, 0.15) is 24.4 Å². The third-order valence-corrected chi connectivity index (χ3v) is 19.5. The lowest BCUT2D eigenvalue weighted by atomic mass is 9.99. The van der Waals surface area contributed by atoms with Crippen LogP contribution in [-0.2, 0) is 14.3 Å². The van der Waals surface area contributed by atoms with Gasteiger partial charge in [-0.05, 0) is 70.6 Å². The molecular weight excluding hydrogens is 1170 g/mol. The predicted octanol–water partition coefficient (Wildman–Crippen LogP) is 24.0. The molecule has 0 aromatic heterocycles. The lowest BCUT2D eigenvalue weighted by Gasteiger charge is -2.40. The van der Waals surface area contributed by atoms with E-state index in [-0.39, 0.29) is 12.5 Å². The molecule has 9 nitrogen and oxygen atoms in total. The van der Waals surface area contributed by atoms with E-state index < -0.39 is 49.5 Å². The first-order valence-corrected chi connectivity index (χ1v) is 41.3. The van der Waals surface area contributed by atoms with E-state index in [1.54, 1.807) is 0 Å². The van der Waals surface area contributed by atoms with E-state index in [2.05, 4.69) is 104 Å². The zero-order valence-electron chi connectivity index (χ0n) is 62.4. The molecule has 0 radical (unpaired) electrons. The van der Waals surface area contributed by atoms with Gasteiger partial charge in [-0.15, -0.1) is 0 Å². The second-order valence-corrected chi connectivity index (χ2v) is 28.5. The number of carbonyl (C=O) groups is 1. The number of hydrogen-bond donors (Lipinski definition) is 6. The summed E-state index contributed by atoms with van der Waals surface area (Å²) in [5.74, 6) is -0.138. The number of amides is 1. The highest BCUT2D eigenvalue weighted by Crippen LogP contribution is 2.24. The summed E-state index contributed by atoms with van der Waals surface area (Å²) < 4.78 is 11.4. The van der Waals surface area contributed by atoms with Gasteiger partial charge >= 0.3 is 0 Å². The van der Waals surface area contributed by atoms with Gasteiger partial charge in [0.25, 0.3) is 0 Å². The van der Waals surface area contributed by atoms with Crippen LogP contribution in [0.3, 0.4) is 0 Å². The maximum absolute atomic E-state index is 13.2. The molecule has 6 N–H and O–H groups in total. The SMILES string of the molecule is CC/C=C\C/C=C\C/C=C\C/C=C\C/C=C\C/C=C\C/C=C\CCCCCCCCCCCCCCCCCCCCCC(=O)NC(COC1OC(CO)C(O)C(O)C1O)C(O)CCCCCCCCCCCCCCCCCCCCCCCCCCCCCCCCC. The van der Waals surface area contributed by atoms with Crippen LogP contribution in [0.5, 0.6) is 0 Å². The smallest absolute Gasteiger partial charge is 0.220 e. The quantitative estimate of drug-likeness (QED) is 0.0261. The van der Waals surface area contributed by atoms with Gasteiger partial charge < -0.3 is 40.3 Å². The minimum absolute atomic E-state index is 0.136. The molecule has 1 amide bonds. The summed E-state index contributed by atoms with van der Waals surface area (Å²) in [7, 11) is 0. The Morgan fingerprint density at radius 3 is 0.968 bits per heavy atom. The summed E-state index contributed by atoms with van der Waals surface area (Å²) in [5.41, 5.74) is 0. The summed E-state index contributed by atoms with van der Waals surface area (Å²) in [5, 5.41) is 55.1. The average Bonchev–Trinajstić information content (AvgIpc) is 0.836. The Balaban J connectivity index is 2.04. The van der Waals surface area contributed by atoms with Crippen molar-refractivity contribution in [1.82, 2.24) is 5.32 Å². The van der Waals surface area contributed by atoms with E-state index in [0.29, 0.717) is 12.8 Å². The van der Waals surface area contributed by atoms with Crippen molar-refractivity contribution in [2.24, 2.45) is 0 Å². The number of ether oxygens (including phenoxy) is 2. The van der Waals surface area contributed by atoms with Crippen LogP contribution in [0.1, 0.15) is 399 Å². The Hall–Kier alpha value is -2.63. The van der Waals surface area contributed by atoms with Crippen molar-refractivity contribution in [3.8, 4) is 0 Å². The van der Waals surface area contributed by atoms with E-state index in [1.165, 1.54) is 289 Å². The van der Waals surface area contributed by atoms with Crippen LogP contribution in [0.2, 0.25) is 0 Å². The second-order valence-electron chi connectivity index (χ2n) is 28.5. The molecule has 0 aromatic rings. The van der Waals surface area contributed by atoms with Gasteiger partial charge in [-0.1, -0.05) is 407 Å².